The first kappa shape index (κ1) is 12.7. The molecule has 0 fully saturated rings. The van der Waals surface area contributed by atoms with Crippen LogP contribution in [0.15, 0.2) is 52.4 Å². The summed E-state index contributed by atoms with van der Waals surface area (Å²) < 4.78 is 1.07. The lowest BCUT2D eigenvalue weighted by Gasteiger charge is -2.16. The zero-order valence-corrected chi connectivity index (χ0v) is 12.4. The molecule has 1 aromatic carbocycles. The van der Waals surface area contributed by atoms with E-state index in [-0.39, 0.29) is 6.04 Å². The van der Waals surface area contributed by atoms with Crippen LogP contribution in [0.5, 0.6) is 0 Å². The largest absolute Gasteiger partial charge is 0.271 e. The molecule has 3 rings (SSSR count). The Balaban J connectivity index is 2.09. The summed E-state index contributed by atoms with van der Waals surface area (Å²) in [5, 5.41) is 3.18. The summed E-state index contributed by atoms with van der Waals surface area (Å²) in [5.41, 5.74) is 4.97. The van der Waals surface area contributed by atoms with Gasteiger partial charge in [-0.1, -0.05) is 18.2 Å². The number of hydrogen-bond acceptors (Lipinski definition) is 4. The zero-order chi connectivity index (χ0) is 13.2. The maximum absolute atomic E-state index is 5.72. The number of thiophene rings is 1. The molecule has 96 valence electrons. The van der Waals surface area contributed by atoms with Crippen LogP contribution in [0.2, 0.25) is 0 Å². The smallest absolute Gasteiger partial charge is 0.0814 e. The molecule has 3 N–H and O–H groups in total. The fourth-order valence-corrected chi connectivity index (χ4v) is 3.79. The Morgan fingerprint density at radius 1 is 1.26 bits per heavy atom. The maximum atomic E-state index is 5.72. The number of benzene rings is 1. The first-order chi connectivity index (χ1) is 9.29. The molecule has 19 heavy (non-hydrogen) atoms. The molecule has 0 saturated heterocycles. The molecule has 0 saturated carbocycles. The molecule has 2 aromatic heterocycles. The number of nitrogens with two attached hydrogens (primary N) is 1. The fourth-order valence-electron chi connectivity index (χ4n) is 2.10. The maximum Gasteiger partial charge on any atom is 0.0814 e. The van der Waals surface area contributed by atoms with Crippen molar-refractivity contribution in [1.82, 2.24) is 10.4 Å². The van der Waals surface area contributed by atoms with Crippen LogP contribution in [-0.4, -0.2) is 4.98 Å². The van der Waals surface area contributed by atoms with Crippen LogP contribution in [0, 0.1) is 0 Å². The molecule has 1 unspecified atom stereocenters. The van der Waals surface area contributed by atoms with Crippen LogP contribution in [0.1, 0.15) is 16.5 Å². The van der Waals surface area contributed by atoms with E-state index in [1.165, 1.54) is 0 Å². The average molecular weight is 334 g/mol. The van der Waals surface area contributed by atoms with Crippen LogP contribution in [0.4, 0.5) is 0 Å². The predicted molar refractivity (Wildman–Crippen MR) is 82.9 cm³/mol. The summed E-state index contributed by atoms with van der Waals surface area (Å²) in [6.07, 6.45) is 1.80. The first-order valence-corrected chi connectivity index (χ1v) is 7.50. The number of pyridine rings is 1. The number of hydrazine groups is 1. The Labute approximate surface area is 123 Å². The Morgan fingerprint density at radius 3 is 2.89 bits per heavy atom. The van der Waals surface area contributed by atoms with Crippen molar-refractivity contribution >= 4 is 38.2 Å². The van der Waals surface area contributed by atoms with Crippen molar-refractivity contribution in [2.45, 2.75) is 6.04 Å². The summed E-state index contributed by atoms with van der Waals surface area (Å²) in [6, 6.07) is 12.2. The zero-order valence-electron chi connectivity index (χ0n) is 10.0. The molecule has 0 aliphatic rings. The normalized spacial score (nSPS) is 12.7. The van der Waals surface area contributed by atoms with E-state index in [0.717, 1.165) is 25.8 Å². The first-order valence-electron chi connectivity index (χ1n) is 5.83. The third-order valence-electron chi connectivity index (χ3n) is 3.04. The SMILES string of the molecule is NNC(c1ccc2cccnc2c1)c1sccc1Br. The van der Waals surface area contributed by atoms with Gasteiger partial charge in [-0.25, -0.2) is 5.43 Å². The number of aromatic nitrogens is 1. The fraction of sp³-hybridized carbons (Fsp3) is 0.0714. The molecule has 3 nitrogen and oxygen atoms in total. The minimum absolute atomic E-state index is 0.0271. The van der Waals surface area contributed by atoms with E-state index in [0.29, 0.717) is 0 Å². The summed E-state index contributed by atoms with van der Waals surface area (Å²) in [6.45, 7) is 0. The molecule has 5 heteroatoms. The second kappa shape index (κ2) is 5.38. The van der Waals surface area contributed by atoms with Crippen molar-refractivity contribution in [1.29, 1.82) is 0 Å². The molecule has 0 amide bonds. The van der Waals surface area contributed by atoms with Gasteiger partial charge in [0.25, 0.3) is 0 Å². The van der Waals surface area contributed by atoms with Crippen molar-refractivity contribution in [3.05, 3.63) is 62.9 Å². The van der Waals surface area contributed by atoms with Crippen molar-refractivity contribution in [2.24, 2.45) is 5.84 Å². The average Bonchev–Trinajstić information content (AvgIpc) is 2.86. The van der Waals surface area contributed by atoms with Crippen molar-refractivity contribution in [2.75, 3.05) is 0 Å². The van der Waals surface area contributed by atoms with Crippen LogP contribution < -0.4 is 11.3 Å². The molecule has 0 radical (unpaired) electrons. The van der Waals surface area contributed by atoms with E-state index in [1.807, 2.05) is 17.5 Å². The molecule has 0 spiro atoms. The van der Waals surface area contributed by atoms with Crippen molar-refractivity contribution in [3.63, 3.8) is 0 Å². The lowest BCUT2D eigenvalue weighted by Crippen LogP contribution is -2.28. The van der Waals surface area contributed by atoms with Crippen LogP contribution in [0.25, 0.3) is 10.9 Å². The van der Waals surface area contributed by atoms with Gasteiger partial charge in [-0.2, -0.15) is 0 Å². The van der Waals surface area contributed by atoms with Gasteiger partial charge in [0, 0.05) is 20.9 Å². The van der Waals surface area contributed by atoms with Crippen molar-refractivity contribution in [3.8, 4) is 0 Å². The predicted octanol–water partition coefficient (Wildman–Crippen LogP) is 3.61. The lowest BCUT2D eigenvalue weighted by molar-refractivity contribution is 0.645. The minimum Gasteiger partial charge on any atom is -0.271 e. The molecule has 3 aromatic rings. The van der Waals surface area contributed by atoms with Crippen LogP contribution >= 0.6 is 27.3 Å². The summed E-state index contributed by atoms with van der Waals surface area (Å²) >= 11 is 5.23. The molecular formula is C14H12BrN3S. The van der Waals surface area contributed by atoms with E-state index >= 15 is 0 Å². The van der Waals surface area contributed by atoms with Crippen LogP contribution in [0.3, 0.4) is 0 Å². The molecule has 0 aliphatic carbocycles. The third-order valence-corrected chi connectivity index (χ3v) is 4.97. The molecular weight excluding hydrogens is 322 g/mol. The lowest BCUT2D eigenvalue weighted by atomic mass is 10.0. The highest BCUT2D eigenvalue weighted by molar-refractivity contribution is 9.10. The molecule has 0 bridgehead atoms. The standard InChI is InChI=1S/C14H12BrN3S/c15-11-5-7-19-14(11)13(18-16)10-4-3-9-2-1-6-17-12(9)8-10/h1-8,13,18H,16H2. The van der Waals surface area contributed by atoms with Crippen LogP contribution in [-0.2, 0) is 0 Å². The van der Waals surface area contributed by atoms with E-state index in [1.54, 1.807) is 17.5 Å². The second-order valence-corrected chi connectivity index (χ2v) is 5.99. The Morgan fingerprint density at radius 2 is 2.16 bits per heavy atom. The van der Waals surface area contributed by atoms with Gasteiger partial charge in [0.2, 0.25) is 0 Å². The number of nitrogens with one attached hydrogen (secondary N) is 1. The van der Waals surface area contributed by atoms with Gasteiger partial charge in [0.1, 0.15) is 0 Å². The van der Waals surface area contributed by atoms with Gasteiger partial charge in [-0.05, 0) is 45.1 Å². The Bertz CT molecular complexity index is 710. The second-order valence-electron chi connectivity index (χ2n) is 4.19. The highest BCUT2D eigenvalue weighted by atomic mass is 79.9. The summed E-state index contributed by atoms with van der Waals surface area (Å²) in [4.78, 5) is 5.55. The topological polar surface area (TPSA) is 50.9 Å². The summed E-state index contributed by atoms with van der Waals surface area (Å²) in [7, 11) is 0. The molecule has 1 atom stereocenters. The van der Waals surface area contributed by atoms with Gasteiger partial charge < -0.3 is 0 Å². The van der Waals surface area contributed by atoms with E-state index in [2.05, 4.69) is 50.6 Å². The van der Waals surface area contributed by atoms with Gasteiger partial charge in [0.15, 0.2) is 0 Å². The number of halogens is 1. The number of nitrogens with zero attached hydrogens (tertiary/aromatic N) is 1. The Hall–Kier alpha value is -1.27. The molecule has 2 heterocycles. The number of fused-ring (bicyclic) bond motifs is 1. The van der Waals surface area contributed by atoms with Gasteiger partial charge in [0.05, 0.1) is 11.6 Å². The van der Waals surface area contributed by atoms with Gasteiger partial charge >= 0.3 is 0 Å². The highest BCUT2D eigenvalue weighted by Gasteiger charge is 2.17. The quantitative estimate of drug-likeness (QED) is 0.568. The van der Waals surface area contributed by atoms with Gasteiger partial charge in [-0.3, -0.25) is 10.8 Å². The van der Waals surface area contributed by atoms with E-state index < -0.39 is 0 Å². The summed E-state index contributed by atoms with van der Waals surface area (Å²) in [5.74, 6) is 5.72. The minimum atomic E-state index is -0.0271. The van der Waals surface area contributed by atoms with Gasteiger partial charge in [-0.15, -0.1) is 11.3 Å². The Kier molecular flexibility index (Phi) is 3.61. The molecule has 0 aliphatic heterocycles. The van der Waals surface area contributed by atoms with Crippen molar-refractivity contribution < 1.29 is 0 Å². The highest BCUT2D eigenvalue weighted by Crippen LogP contribution is 2.33. The third kappa shape index (κ3) is 2.42. The monoisotopic (exact) mass is 333 g/mol. The van der Waals surface area contributed by atoms with E-state index in [9.17, 15) is 0 Å². The number of hydrogen-bond donors (Lipinski definition) is 2. The van der Waals surface area contributed by atoms with E-state index in [4.69, 9.17) is 5.84 Å². The number of rotatable bonds is 3.